The first-order chi connectivity index (χ1) is 7.39. The second-order valence-corrected chi connectivity index (χ2v) is 5.47. The minimum absolute atomic E-state index is 0.0863. The van der Waals surface area contributed by atoms with E-state index in [4.69, 9.17) is 0 Å². The Labute approximate surface area is 101 Å². The van der Waals surface area contributed by atoms with Gasteiger partial charge in [-0.1, -0.05) is 34.6 Å². The summed E-state index contributed by atoms with van der Waals surface area (Å²) in [5, 5.41) is 2.98. The quantitative estimate of drug-likeness (QED) is 0.678. The van der Waals surface area contributed by atoms with Crippen LogP contribution in [0.5, 0.6) is 0 Å². The van der Waals surface area contributed by atoms with E-state index in [0.717, 1.165) is 32.6 Å². The molecule has 3 nitrogen and oxygen atoms in total. The maximum atomic E-state index is 11.5. The minimum Gasteiger partial charge on any atom is -0.356 e. The average Bonchev–Trinajstić information content (AvgIpc) is 2.15. The van der Waals surface area contributed by atoms with Crippen LogP contribution in [-0.2, 0) is 4.79 Å². The van der Waals surface area contributed by atoms with Crippen LogP contribution in [0, 0.1) is 5.41 Å². The van der Waals surface area contributed by atoms with Gasteiger partial charge in [0.15, 0.2) is 0 Å². The topological polar surface area (TPSA) is 32.3 Å². The molecule has 16 heavy (non-hydrogen) atoms. The number of rotatable bonds is 7. The van der Waals surface area contributed by atoms with E-state index in [9.17, 15) is 4.79 Å². The van der Waals surface area contributed by atoms with E-state index >= 15 is 0 Å². The van der Waals surface area contributed by atoms with Gasteiger partial charge in [-0.25, -0.2) is 0 Å². The van der Waals surface area contributed by atoms with E-state index in [1.54, 1.807) is 0 Å². The fraction of sp³-hybridized carbons (Fsp3) is 0.923. The summed E-state index contributed by atoms with van der Waals surface area (Å²) in [6, 6.07) is 0. The highest BCUT2D eigenvalue weighted by Gasteiger charge is 2.15. The molecule has 0 saturated heterocycles. The highest BCUT2D eigenvalue weighted by Crippen LogP contribution is 2.17. The zero-order chi connectivity index (χ0) is 12.6. The van der Waals surface area contributed by atoms with Gasteiger partial charge in [0.2, 0.25) is 5.91 Å². The Hall–Kier alpha value is -0.570. The number of amides is 1. The Morgan fingerprint density at radius 1 is 1.19 bits per heavy atom. The zero-order valence-corrected chi connectivity index (χ0v) is 11.6. The van der Waals surface area contributed by atoms with Gasteiger partial charge in [0.1, 0.15) is 0 Å². The molecule has 0 bridgehead atoms. The van der Waals surface area contributed by atoms with Crippen molar-refractivity contribution in [2.75, 3.05) is 26.2 Å². The highest BCUT2D eigenvalue weighted by molar-refractivity contribution is 5.76. The van der Waals surface area contributed by atoms with Crippen molar-refractivity contribution in [2.24, 2.45) is 5.41 Å². The molecule has 3 heteroatoms. The lowest BCUT2D eigenvalue weighted by Gasteiger charge is -2.19. The lowest BCUT2D eigenvalue weighted by Crippen LogP contribution is -2.31. The fourth-order valence-corrected chi connectivity index (χ4v) is 1.61. The van der Waals surface area contributed by atoms with Gasteiger partial charge in [0, 0.05) is 13.0 Å². The van der Waals surface area contributed by atoms with Crippen LogP contribution >= 0.6 is 0 Å². The number of carbonyl (C=O) groups excluding carboxylic acids is 1. The Morgan fingerprint density at radius 3 is 2.19 bits per heavy atom. The van der Waals surface area contributed by atoms with Gasteiger partial charge in [-0.3, -0.25) is 4.79 Å². The van der Waals surface area contributed by atoms with Crippen molar-refractivity contribution in [3.8, 4) is 0 Å². The number of carbonyl (C=O) groups is 1. The lowest BCUT2D eigenvalue weighted by molar-refractivity contribution is -0.122. The van der Waals surface area contributed by atoms with Crippen LogP contribution in [0.2, 0.25) is 0 Å². The molecule has 0 radical (unpaired) electrons. The number of hydrogen-bond acceptors (Lipinski definition) is 2. The van der Waals surface area contributed by atoms with Crippen LogP contribution in [0.1, 0.15) is 47.5 Å². The predicted molar refractivity (Wildman–Crippen MR) is 69.5 cm³/mol. The van der Waals surface area contributed by atoms with Crippen molar-refractivity contribution in [3.63, 3.8) is 0 Å². The smallest absolute Gasteiger partial charge is 0.220 e. The molecule has 0 aliphatic carbocycles. The van der Waals surface area contributed by atoms with Crippen molar-refractivity contribution < 1.29 is 4.79 Å². The molecule has 0 saturated carbocycles. The Bertz CT molecular complexity index is 193. The Morgan fingerprint density at radius 2 is 1.75 bits per heavy atom. The van der Waals surface area contributed by atoms with Gasteiger partial charge in [-0.2, -0.15) is 0 Å². The molecular formula is C13H28N2O. The van der Waals surface area contributed by atoms with Gasteiger partial charge in [-0.05, 0) is 31.5 Å². The Kier molecular flexibility index (Phi) is 7.39. The standard InChI is InChI=1S/C13H28N2O/c1-6-15(7-2)10-8-9-14-12(16)11-13(3,4)5/h6-11H2,1-5H3,(H,14,16). The van der Waals surface area contributed by atoms with E-state index in [1.165, 1.54) is 0 Å². The van der Waals surface area contributed by atoms with Crippen LogP contribution in [0.15, 0.2) is 0 Å². The van der Waals surface area contributed by atoms with E-state index in [0.29, 0.717) is 6.42 Å². The molecule has 0 unspecified atom stereocenters. The molecule has 0 aromatic rings. The SMILES string of the molecule is CCN(CC)CCCNC(=O)CC(C)(C)C. The first-order valence-corrected chi connectivity index (χ1v) is 6.38. The zero-order valence-electron chi connectivity index (χ0n) is 11.6. The van der Waals surface area contributed by atoms with Crippen LogP contribution in [-0.4, -0.2) is 37.0 Å². The number of hydrogen-bond donors (Lipinski definition) is 1. The maximum Gasteiger partial charge on any atom is 0.220 e. The number of nitrogens with one attached hydrogen (secondary N) is 1. The highest BCUT2D eigenvalue weighted by atomic mass is 16.1. The third-order valence-electron chi connectivity index (χ3n) is 2.56. The van der Waals surface area contributed by atoms with E-state index in [-0.39, 0.29) is 11.3 Å². The van der Waals surface area contributed by atoms with Gasteiger partial charge >= 0.3 is 0 Å². The monoisotopic (exact) mass is 228 g/mol. The van der Waals surface area contributed by atoms with Gasteiger partial charge in [0.05, 0.1) is 0 Å². The lowest BCUT2D eigenvalue weighted by atomic mass is 9.92. The second-order valence-electron chi connectivity index (χ2n) is 5.47. The minimum atomic E-state index is 0.0863. The second kappa shape index (κ2) is 7.66. The first kappa shape index (κ1) is 15.4. The van der Waals surface area contributed by atoms with E-state index in [1.807, 2.05) is 0 Å². The molecular weight excluding hydrogens is 200 g/mol. The third-order valence-corrected chi connectivity index (χ3v) is 2.56. The molecule has 0 heterocycles. The summed E-state index contributed by atoms with van der Waals surface area (Å²) in [5.74, 6) is 0.173. The first-order valence-electron chi connectivity index (χ1n) is 6.38. The normalized spacial score (nSPS) is 11.9. The molecule has 0 aromatic carbocycles. The number of nitrogens with zero attached hydrogens (tertiary/aromatic N) is 1. The summed E-state index contributed by atoms with van der Waals surface area (Å²) >= 11 is 0. The summed E-state index contributed by atoms with van der Waals surface area (Å²) in [6.07, 6.45) is 1.65. The molecule has 0 aliphatic rings. The van der Waals surface area contributed by atoms with Crippen molar-refractivity contribution in [3.05, 3.63) is 0 Å². The molecule has 1 N–H and O–H groups in total. The maximum absolute atomic E-state index is 11.5. The Balaban J connectivity index is 3.55. The predicted octanol–water partition coefficient (Wildman–Crippen LogP) is 2.27. The molecule has 0 spiro atoms. The van der Waals surface area contributed by atoms with Gasteiger partial charge < -0.3 is 10.2 Å². The van der Waals surface area contributed by atoms with E-state index < -0.39 is 0 Å². The van der Waals surface area contributed by atoms with Crippen molar-refractivity contribution >= 4 is 5.91 Å². The van der Waals surface area contributed by atoms with Crippen LogP contribution < -0.4 is 5.32 Å². The molecule has 96 valence electrons. The molecule has 0 rings (SSSR count). The molecule has 1 amide bonds. The van der Waals surface area contributed by atoms with E-state index in [2.05, 4.69) is 44.8 Å². The summed E-state index contributed by atoms with van der Waals surface area (Å²) in [7, 11) is 0. The summed E-state index contributed by atoms with van der Waals surface area (Å²) in [5.41, 5.74) is 0.0863. The molecule has 0 aliphatic heterocycles. The summed E-state index contributed by atoms with van der Waals surface area (Å²) in [4.78, 5) is 13.9. The molecule has 0 aromatic heterocycles. The third kappa shape index (κ3) is 8.72. The summed E-state index contributed by atoms with van der Waals surface area (Å²) in [6.45, 7) is 14.6. The van der Waals surface area contributed by atoms with Gasteiger partial charge in [0.25, 0.3) is 0 Å². The fourth-order valence-electron chi connectivity index (χ4n) is 1.61. The van der Waals surface area contributed by atoms with Crippen LogP contribution in [0.3, 0.4) is 0 Å². The van der Waals surface area contributed by atoms with Crippen LogP contribution in [0.25, 0.3) is 0 Å². The van der Waals surface area contributed by atoms with Crippen molar-refractivity contribution in [1.82, 2.24) is 10.2 Å². The summed E-state index contributed by atoms with van der Waals surface area (Å²) < 4.78 is 0. The molecule has 0 atom stereocenters. The van der Waals surface area contributed by atoms with Gasteiger partial charge in [-0.15, -0.1) is 0 Å². The van der Waals surface area contributed by atoms with Crippen LogP contribution in [0.4, 0.5) is 0 Å². The van der Waals surface area contributed by atoms with Crippen molar-refractivity contribution in [1.29, 1.82) is 0 Å². The largest absolute Gasteiger partial charge is 0.356 e. The molecule has 0 fully saturated rings. The average molecular weight is 228 g/mol. The van der Waals surface area contributed by atoms with Crippen molar-refractivity contribution in [2.45, 2.75) is 47.5 Å².